The van der Waals surface area contributed by atoms with Gasteiger partial charge < -0.3 is 20.5 Å². The lowest BCUT2D eigenvalue weighted by Crippen LogP contribution is -2.19. The third-order valence-electron chi connectivity index (χ3n) is 3.82. The largest absolute Gasteiger partial charge is 0.396 e. The molecule has 0 radical (unpaired) electrons. The van der Waals surface area contributed by atoms with E-state index in [4.69, 9.17) is 17.3 Å². The highest BCUT2D eigenvalue weighted by Crippen LogP contribution is 2.53. The van der Waals surface area contributed by atoms with Crippen molar-refractivity contribution in [3.05, 3.63) is 11.5 Å². The number of nitrogen functional groups attached to an aromatic ring is 1. The van der Waals surface area contributed by atoms with Gasteiger partial charge in [0.2, 0.25) is 5.95 Å². The zero-order valence-corrected chi connectivity index (χ0v) is 10.9. The molecule has 0 amide bonds. The van der Waals surface area contributed by atoms with Crippen LogP contribution in [0.4, 0.5) is 5.95 Å². The van der Waals surface area contributed by atoms with E-state index >= 15 is 0 Å². The van der Waals surface area contributed by atoms with Crippen LogP contribution in [-0.4, -0.2) is 42.9 Å². The molecule has 1 fully saturated rings. The van der Waals surface area contributed by atoms with Crippen LogP contribution in [0.3, 0.4) is 0 Å². The Balaban J connectivity index is 1.98. The Bertz CT molecular complexity index is 631. The summed E-state index contributed by atoms with van der Waals surface area (Å²) in [6.07, 6.45) is 2.39. The zero-order valence-electron chi connectivity index (χ0n) is 10.1. The standard InChI is InChI=1S/C11H14ClN5O2/c12-8-7-9(16-10(13)15-8)17(5-14-7)3-11(4-19)1-6(11)2-18/h5-6,18-19H,1-4H2,(H2,13,15,16). The number of anilines is 1. The lowest BCUT2D eigenvalue weighted by atomic mass is 10.1. The van der Waals surface area contributed by atoms with Crippen molar-refractivity contribution in [1.29, 1.82) is 0 Å². The van der Waals surface area contributed by atoms with Gasteiger partial charge in [-0.15, -0.1) is 0 Å². The van der Waals surface area contributed by atoms with Gasteiger partial charge in [-0.05, 0) is 12.3 Å². The number of nitrogens with two attached hydrogens (primary N) is 1. The Morgan fingerprint density at radius 1 is 1.47 bits per heavy atom. The molecule has 0 saturated heterocycles. The van der Waals surface area contributed by atoms with Crippen molar-refractivity contribution in [2.75, 3.05) is 18.9 Å². The van der Waals surface area contributed by atoms with E-state index in [9.17, 15) is 10.2 Å². The number of imidazole rings is 1. The van der Waals surface area contributed by atoms with Crippen molar-refractivity contribution in [3.63, 3.8) is 0 Å². The second kappa shape index (κ2) is 4.29. The topological polar surface area (TPSA) is 110 Å². The van der Waals surface area contributed by atoms with Gasteiger partial charge >= 0.3 is 0 Å². The fraction of sp³-hybridized carbons (Fsp3) is 0.545. The van der Waals surface area contributed by atoms with Crippen molar-refractivity contribution in [2.45, 2.75) is 13.0 Å². The fourth-order valence-electron chi connectivity index (χ4n) is 2.51. The van der Waals surface area contributed by atoms with Crippen LogP contribution in [-0.2, 0) is 6.54 Å². The Kier molecular flexibility index (Phi) is 2.84. The molecule has 19 heavy (non-hydrogen) atoms. The first-order chi connectivity index (χ1) is 9.09. The number of aromatic nitrogens is 4. The molecule has 1 aliphatic carbocycles. The molecule has 0 aromatic carbocycles. The van der Waals surface area contributed by atoms with E-state index in [0.29, 0.717) is 17.7 Å². The summed E-state index contributed by atoms with van der Waals surface area (Å²) in [5.41, 5.74) is 6.32. The first kappa shape index (κ1) is 12.6. The molecule has 0 bridgehead atoms. The summed E-state index contributed by atoms with van der Waals surface area (Å²) in [6.45, 7) is 0.620. The smallest absolute Gasteiger partial charge is 0.223 e. The number of rotatable bonds is 4. The van der Waals surface area contributed by atoms with Crippen LogP contribution >= 0.6 is 11.6 Å². The number of fused-ring (bicyclic) bond motifs is 1. The van der Waals surface area contributed by atoms with Crippen LogP contribution in [0.15, 0.2) is 6.33 Å². The molecule has 0 spiro atoms. The lowest BCUT2D eigenvalue weighted by molar-refractivity contribution is 0.159. The summed E-state index contributed by atoms with van der Waals surface area (Å²) < 4.78 is 1.80. The molecule has 2 heterocycles. The molecule has 2 atom stereocenters. The summed E-state index contributed by atoms with van der Waals surface area (Å²) in [5.74, 6) is 0.205. The highest BCUT2D eigenvalue weighted by atomic mass is 35.5. The van der Waals surface area contributed by atoms with E-state index in [0.717, 1.165) is 6.42 Å². The van der Waals surface area contributed by atoms with E-state index in [2.05, 4.69) is 15.0 Å². The minimum atomic E-state index is -0.297. The zero-order chi connectivity index (χ0) is 13.6. The summed E-state index contributed by atoms with van der Waals surface area (Å²) >= 11 is 5.96. The summed E-state index contributed by atoms with van der Waals surface area (Å²) in [6, 6.07) is 0. The molecule has 1 saturated carbocycles. The molecule has 2 aromatic rings. The van der Waals surface area contributed by atoms with Gasteiger partial charge in [0.25, 0.3) is 0 Å². The maximum atomic E-state index is 9.51. The quantitative estimate of drug-likeness (QED) is 0.684. The number of hydrogen-bond acceptors (Lipinski definition) is 6. The summed E-state index contributed by atoms with van der Waals surface area (Å²) in [7, 11) is 0. The Hall–Kier alpha value is -1.44. The van der Waals surface area contributed by atoms with Gasteiger partial charge in [-0.3, -0.25) is 0 Å². The van der Waals surface area contributed by atoms with Crippen molar-refractivity contribution in [2.24, 2.45) is 11.3 Å². The molecule has 3 rings (SSSR count). The molecule has 4 N–H and O–H groups in total. The monoisotopic (exact) mass is 283 g/mol. The second-order valence-electron chi connectivity index (χ2n) is 5.02. The minimum absolute atomic E-state index is 0.0200. The molecule has 2 aromatic heterocycles. The van der Waals surface area contributed by atoms with E-state index in [1.807, 2.05) is 0 Å². The number of nitrogens with zero attached hydrogens (tertiary/aromatic N) is 4. The van der Waals surface area contributed by atoms with Gasteiger partial charge in [-0.1, -0.05) is 11.6 Å². The minimum Gasteiger partial charge on any atom is -0.396 e. The average Bonchev–Trinajstić information content (AvgIpc) is 2.95. The molecule has 7 nitrogen and oxygen atoms in total. The second-order valence-corrected chi connectivity index (χ2v) is 5.38. The lowest BCUT2D eigenvalue weighted by Gasteiger charge is -2.14. The third kappa shape index (κ3) is 1.94. The summed E-state index contributed by atoms with van der Waals surface area (Å²) in [5, 5.41) is 18.9. The van der Waals surface area contributed by atoms with Crippen LogP contribution in [0.1, 0.15) is 6.42 Å². The van der Waals surface area contributed by atoms with E-state index in [1.54, 1.807) is 10.9 Å². The molecule has 1 aliphatic rings. The predicted octanol–water partition coefficient (Wildman–Crippen LogP) is 0.0528. The van der Waals surface area contributed by atoms with Crippen LogP contribution in [0.5, 0.6) is 0 Å². The van der Waals surface area contributed by atoms with Gasteiger partial charge in [-0.2, -0.15) is 9.97 Å². The Labute approximate surface area is 114 Å². The third-order valence-corrected chi connectivity index (χ3v) is 4.08. The van der Waals surface area contributed by atoms with Gasteiger partial charge in [0, 0.05) is 18.6 Å². The number of hydrogen-bond donors (Lipinski definition) is 3. The predicted molar refractivity (Wildman–Crippen MR) is 69.5 cm³/mol. The average molecular weight is 284 g/mol. The van der Waals surface area contributed by atoms with Crippen molar-refractivity contribution >= 4 is 28.7 Å². The molecule has 2 unspecified atom stereocenters. The summed E-state index contributed by atoms with van der Waals surface area (Å²) in [4.78, 5) is 12.1. The van der Waals surface area contributed by atoms with Crippen molar-refractivity contribution in [3.8, 4) is 0 Å². The first-order valence-corrected chi connectivity index (χ1v) is 6.33. The van der Waals surface area contributed by atoms with Crippen LogP contribution in [0, 0.1) is 11.3 Å². The van der Waals surface area contributed by atoms with Crippen LogP contribution in [0.2, 0.25) is 5.15 Å². The molecule has 8 heteroatoms. The molecule has 102 valence electrons. The number of halogens is 1. The van der Waals surface area contributed by atoms with E-state index in [-0.39, 0.29) is 35.6 Å². The van der Waals surface area contributed by atoms with Gasteiger partial charge in [0.15, 0.2) is 10.8 Å². The van der Waals surface area contributed by atoms with Gasteiger partial charge in [0.05, 0.1) is 12.9 Å². The van der Waals surface area contributed by atoms with E-state index in [1.165, 1.54) is 0 Å². The number of aliphatic hydroxyl groups is 2. The maximum absolute atomic E-state index is 9.51. The molecular weight excluding hydrogens is 270 g/mol. The van der Waals surface area contributed by atoms with Gasteiger partial charge in [-0.25, -0.2) is 4.98 Å². The first-order valence-electron chi connectivity index (χ1n) is 5.95. The fourth-order valence-corrected chi connectivity index (χ4v) is 2.73. The highest BCUT2D eigenvalue weighted by Gasteiger charge is 2.53. The Morgan fingerprint density at radius 2 is 2.26 bits per heavy atom. The van der Waals surface area contributed by atoms with Crippen molar-refractivity contribution < 1.29 is 10.2 Å². The van der Waals surface area contributed by atoms with Crippen molar-refractivity contribution in [1.82, 2.24) is 19.5 Å². The number of aliphatic hydroxyl groups excluding tert-OH is 2. The van der Waals surface area contributed by atoms with Crippen LogP contribution < -0.4 is 5.73 Å². The van der Waals surface area contributed by atoms with Crippen LogP contribution in [0.25, 0.3) is 11.2 Å². The Morgan fingerprint density at radius 3 is 2.89 bits per heavy atom. The normalized spacial score (nSPS) is 25.9. The maximum Gasteiger partial charge on any atom is 0.223 e. The molecule has 0 aliphatic heterocycles. The van der Waals surface area contributed by atoms with Gasteiger partial charge in [0.1, 0.15) is 5.52 Å². The van der Waals surface area contributed by atoms with E-state index < -0.39 is 0 Å². The SMILES string of the molecule is Nc1nc(Cl)c2ncn(CC3(CO)CC3CO)c2n1. The molecular formula is C11H14ClN5O2. The highest BCUT2D eigenvalue weighted by molar-refractivity contribution is 6.33.